The van der Waals surface area contributed by atoms with E-state index in [9.17, 15) is 0 Å². The van der Waals surface area contributed by atoms with E-state index in [1.54, 1.807) is 0 Å². The Morgan fingerprint density at radius 2 is 0.787 bits per heavy atom. The highest BCUT2D eigenvalue weighted by atomic mass is 15.1. The van der Waals surface area contributed by atoms with Crippen molar-refractivity contribution in [3.63, 3.8) is 0 Å². The molecule has 5 aromatic carbocycles. The maximum Gasteiger partial charge on any atom is 0.0366 e. The number of benzene rings is 5. The van der Waals surface area contributed by atoms with E-state index in [4.69, 9.17) is 0 Å². The van der Waals surface area contributed by atoms with Crippen LogP contribution in [0.5, 0.6) is 0 Å². The molecule has 3 heteroatoms. The minimum absolute atomic E-state index is 1.14. The van der Waals surface area contributed by atoms with Crippen LogP contribution in [0.4, 0.5) is 17.1 Å². The van der Waals surface area contributed by atoms with E-state index >= 15 is 0 Å². The van der Waals surface area contributed by atoms with Gasteiger partial charge in [0, 0.05) is 57.3 Å². The quantitative estimate of drug-likeness (QED) is 0.196. The van der Waals surface area contributed by atoms with E-state index < -0.39 is 0 Å². The summed E-state index contributed by atoms with van der Waals surface area (Å²) in [7, 11) is 4.07. The monoisotopic (exact) mass is 627 g/mol. The van der Waals surface area contributed by atoms with Crippen molar-refractivity contribution in [1.29, 1.82) is 0 Å². The topological polar surface area (TPSA) is 9.72 Å². The highest BCUT2D eigenvalue weighted by Crippen LogP contribution is 2.19. The molecule has 0 aliphatic carbocycles. The van der Waals surface area contributed by atoms with Crippen molar-refractivity contribution in [3.8, 4) is 0 Å². The number of rotatable bonds is 4. The Bertz CT molecular complexity index is 1400. The van der Waals surface area contributed by atoms with E-state index in [0.717, 1.165) is 6.42 Å². The van der Waals surface area contributed by atoms with Crippen LogP contribution in [-0.4, -0.2) is 40.3 Å². The van der Waals surface area contributed by atoms with Gasteiger partial charge in [-0.05, 0) is 87.4 Å². The predicted molar refractivity (Wildman–Crippen MR) is 208 cm³/mol. The maximum absolute atomic E-state index is 2.48. The molecule has 0 N–H and O–H groups in total. The summed E-state index contributed by atoms with van der Waals surface area (Å²) in [6.07, 6.45) is 7.97. The minimum Gasteiger partial charge on any atom is -0.378 e. The standard InChI is InChI=1S/C11H15N.C10H13N.C8H11N.C8H10.C7H8/c1-3-7-11(8-4-1)12-9-5-2-6-10-12;1-2-6-10(7-3-1)11-8-4-5-9-11;1-9(2)8-6-4-3-5-7-8;1-2-8-6-4-3-5-7-8;1-7-5-3-2-4-6-7/h1,3-4,7-8H,2,5-6,9-10H2;1-3,6-7H,4-5,8-9H2;3-7H,1-2H3;3-7H,2H2,1H3;2-6H,1H3. The molecule has 2 aliphatic heterocycles. The van der Waals surface area contributed by atoms with Gasteiger partial charge in [-0.1, -0.05) is 128 Å². The first kappa shape index (κ1) is 37.0. The molecular weight excluding hydrogens is 571 g/mol. The van der Waals surface area contributed by atoms with Gasteiger partial charge in [-0.15, -0.1) is 0 Å². The molecule has 47 heavy (non-hydrogen) atoms. The molecule has 2 saturated heterocycles. The van der Waals surface area contributed by atoms with Crippen molar-refractivity contribution in [2.45, 2.75) is 52.4 Å². The Morgan fingerprint density at radius 3 is 1.09 bits per heavy atom. The highest BCUT2D eigenvalue weighted by Gasteiger charge is 2.11. The Morgan fingerprint density at radius 1 is 0.447 bits per heavy atom. The molecule has 7 rings (SSSR count). The first-order valence-corrected chi connectivity index (χ1v) is 17.4. The third-order valence-corrected chi connectivity index (χ3v) is 8.17. The zero-order valence-electron chi connectivity index (χ0n) is 29.3. The third-order valence-electron chi connectivity index (χ3n) is 8.17. The summed E-state index contributed by atoms with van der Waals surface area (Å²) in [5.41, 5.74) is 6.75. The lowest BCUT2D eigenvalue weighted by molar-refractivity contribution is 0.578. The summed E-state index contributed by atoms with van der Waals surface area (Å²) >= 11 is 0. The van der Waals surface area contributed by atoms with Gasteiger partial charge < -0.3 is 14.7 Å². The SMILES string of the molecule is CCc1ccccc1.CN(C)c1ccccc1.Cc1ccccc1.c1ccc(N2CCCC2)cc1.c1ccc(N2CCCCC2)cc1. The molecule has 248 valence electrons. The zero-order chi connectivity index (χ0) is 33.4. The summed E-state index contributed by atoms with van der Waals surface area (Å²) in [5, 5.41) is 0. The molecule has 0 atom stereocenters. The van der Waals surface area contributed by atoms with Crippen molar-refractivity contribution >= 4 is 17.1 Å². The van der Waals surface area contributed by atoms with Crippen LogP contribution < -0.4 is 14.7 Å². The average Bonchev–Trinajstić information content (AvgIpc) is 3.71. The van der Waals surface area contributed by atoms with Crippen molar-refractivity contribution in [2.75, 3.05) is 55.0 Å². The summed E-state index contributed by atoms with van der Waals surface area (Å²) in [6.45, 7) is 9.21. The van der Waals surface area contributed by atoms with Gasteiger partial charge >= 0.3 is 0 Å². The van der Waals surface area contributed by atoms with Crippen molar-refractivity contribution in [2.24, 2.45) is 0 Å². The lowest BCUT2D eigenvalue weighted by Crippen LogP contribution is -2.29. The minimum atomic E-state index is 1.14. The first-order chi connectivity index (χ1) is 23.1. The van der Waals surface area contributed by atoms with E-state index in [1.807, 2.05) is 56.6 Å². The number of piperidine rings is 1. The van der Waals surface area contributed by atoms with Gasteiger partial charge in [-0.25, -0.2) is 0 Å². The van der Waals surface area contributed by atoms with Gasteiger partial charge in [-0.3, -0.25) is 0 Å². The van der Waals surface area contributed by atoms with Crippen molar-refractivity contribution < 1.29 is 0 Å². The fourth-order valence-electron chi connectivity index (χ4n) is 5.38. The number of hydrogen-bond donors (Lipinski definition) is 0. The van der Waals surface area contributed by atoms with Gasteiger partial charge in [0.2, 0.25) is 0 Å². The summed E-state index contributed by atoms with van der Waals surface area (Å²) in [5.74, 6) is 0. The second-order valence-corrected chi connectivity index (χ2v) is 12.1. The Hall–Kier alpha value is -4.50. The third kappa shape index (κ3) is 15.6. The normalized spacial score (nSPS) is 13.2. The average molecular weight is 628 g/mol. The molecule has 0 radical (unpaired) electrons. The fraction of sp³-hybridized carbons (Fsp3) is 0.318. The van der Waals surface area contributed by atoms with Crippen LogP contribution in [0, 0.1) is 6.92 Å². The Balaban J connectivity index is 0.000000162. The number of aryl methyl sites for hydroxylation is 2. The van der Waals surface area contributed by atoms with Gasteiger partial charge in [0.25, 0.3) is 0 Å². The Kier molecular flexibility index (Phi) is 18.0. The van der Waals surface area contributed by atoms with E-state index in [-0.39, 0.29) is 0 Å². The molecule has 2 fully saturated rings. The molecular formula is C44H57N3. The van der Waals surface area contributed by atoms with E-state index in [0.29, 0.717) is 0 Å². The van der Waals surface area contributed by atoms with Crippen LogP contribution in [0.3, 0.4) is 0 Å². The predicted octanol–water partition coefficient (Wildman–Crippen LogP) is 11.0. The largest absolute Gasteiger partial charge is 0.378 e. The van der Waals surface area contributed by atoms with Crippen LogP contribution in [0.25, 0.3) is 0 Å². The van der Waals surface area contributed by atoms with Crippen molar-refractivity contribution in [3.05, 3.63) is 163 Å². The van der Waals surface area contributed by atoms with E-state index in [2.05, 4.69) is 138 Å². The summed E-state index contributed by atoms with van der Waals surface area (Å²) in [6, 6.07) is 52.3. The molecule has 2 aliphatic rings. The lowest BCUT2D eigenvalue weighted by atomic mass is 10.1. The zero-order valence-corrected chi connectivity index (χ0v) is 29.3. The van der Waals surface area contributed by atoms with Gasteiger partial charge in [0.05, 0.1) is 0 Å². The smallest absolute Gasteiger partial charge is 0.0366 e. The van der Waals surface area contributed by atoms with Crippen LogP contribution in [0.2, 0.25) is 0 Å². The maximum atomic E-state index is 2.48. The van der Waals surface area contributed by atoms with Crippen LogP contribution in [-0.2, 0) is 6.42 Å². The van der Waals surface area contributed by atoms with Crippen LogP contribution in [0.1, 0.15) is 50.2 Å². The molecule has 3 nitrogen and oxygen atoms in total. The number of nitrogens with zero attached hydrogens (tertiary/aromatic N) is 3. The van der Waals surface area contributed by atoms with Crippen LogP contribution >= 0.6 is 0 Å². The number of hydrogen-bond acceptors (Lipinski definition) is 3. The molecule has 5 aromatic rings. The number of para-hydroxylation sites is 3. The van der Waals surface area contributed by atoms with E-state index in [1.165, 1.54) is 86.5 Å². The van der Waals surface area contributed by atoms with Crippen LogP contribution in [0.15, 0.2) is 152 Å². The molecule has 2 heterocycles. The molecule has 0 amide bonds. The summed E-state index contributed by atoms with van der Waals surface area (Å²) < 4.78 is 0. The molecule has 0 aromatic heterocycles. The number of anilines is 3. The summed E-state index contributed by atoms with van der Waals surface area (Å²) in [4.78, 5) is 7.00. The molecule has 0 bridgehead atoms. The van der Waals surface area contributed by atoms with Crippen molar-refractivity contribution in [1.82, 2.24) is 0 Å². The van der Waals surface area contributed by atoms with Gasteiger partial charge in [0.15, 0.2) is 0 Å². The molecule has 0 unspecified atom stereocenters. The highest BCUT2D eigenvalue weighted by molar-refractivity contribution is 5.47. The second-order valence-electron chi connectivity index (χ2n) is 12.1. The second kappa shape index (κ2) is 22.9. The van der Waals surface area contributed by atoms with Gasteiger partial charge in [-0.2, -0.15) is 0 Å². The Labute approximate surface area is 286 Å². The lowest BCUT2D eigenvalue weighted by Gasteiger charge is -2.28. The molecule has 0 spiro atoms. The van der Waals surface area contributed by atoms with Gasteiger partial charge in [0.1, 0.15) is 0 Å². The first-order valence-electron chi connectivity index (χ1n) is 17.4. The fourth-order valence-corrected chi connectivity index (χ4v) is 5.38. The molecule has 0 saturated carbocycles.